The number of ether oxygens (including phenoxy) is 2. The van der Waals surface area contributed by atoms with Crippen LogP contribution in [0.15, 0.2) is 43.0 Å². The fraction of sp³-hybridized carbons (Fsp3) is 0.125. The van der Waals surface area contributed by atoms with Crippen LogP contribution in [0.1, 0.15) is 11.1 Å². The van der Waals surface area contributed by atoms with Gasteiger partial charge in [0.25, 0.3) is 0 Å². The SMILES string of the molecule is C=Cc1cc2c(cc1-c1cccc(C)c1)OCO2. The number of fused-ring (bicyclic) bond motifs is 1. The molecule has 1 aliphatic rings. The van der Waals surface area contributed by atoms with E-state index in [2.05, 4.69) is 37.8 Å². The standard InChI is InChI=1S/C16H14O2/c1-3-12-8-15-16(18-10-17-15)9-14(12)13-6-4-5-11(2)7-13/h3-9H,1,10H2,2H3. The van der Waals surface area contributed by atoms with Crippen LogP contribution in [0.4, 0.5) is 0 Å². The van der Waals surface area contributed by atoms with Crippen LogP contribution in [0, 0.1) is 6.92 Å². The summed E-state index contributed by atoms with van der Waals surface area (Å²) in [7, 11) is 0. The highest BCUT2D eigenvalue weighted by atomic mass is 16.7. The van der Waals surface area contributed by atoms with E-state index in [1.165, 1.54) is 11.1 Å². The number of rotatable bonds is 2. The summed E-state index contributed by atoms with van der Waals surface area (Å²) in [5, 5.41) is 0. The van der Waals surface area contributed by atoms with Gasteiger partial charge < -0.3 is 9.47 Å². The topological polar surface area (TPSA) is 18.5 Å². The number of hydrogen-bond acceptors (Lipinski definition) is 2. The third kappa shape index (κ3) is 1.76. The highest BCUT2D eigenvalue weighted by Crippen LogP contribution is 2.39. The zero-order valence-corrected chi connectivity index (χ0v) is 10.3. The lowest BCUT2D eigenvalue weighted by Gasteiger charge is -2.09. The molecule has 0 spiro atoms. The Morgan fingerprint density at radius 1 is 1.11 bits per heavy atom. The van der Waals surface area contributed by atoms with Gasteiger partial charge in [-0.3, -0.25) is 0 Å². The van der Waals surface area contributed by atoms with E-state index in [1.54, 1.807) is 0 Å². The Balaban J connectivity index is 2.19. The molecule has 2 aromatic carbocycles. The number of hydrogen-bond donors (Lipinski definition) is 0. The van der Waals surface area contributed by atoms with Crippen LogP contribution in [0.25, 0.3) is 17.2 Å². The van der Waals surface area contributed by atoms with E-state index in [1.807, 2.05) is 18.2 Å². The second-order valence-corrected chi connectivity index (χ2v) is 4.37. The second-order valence-electron chi connectivity index (χ2n) is 4.37. The zero-order chi connectivity index (χ0) is 12.5. The van der Waals surface area contributed by atoms with Crippen molar-refractivity contribution in [1.29, 1.82) is 0 Å². The van der Waals surface area contributed by atoms with Crippen molar-refractivity contribution in [2.45, 2.75) is 6.92 Å². The number of benzene rings is 2. The van der Waals surface area contributed by atoms with Gasteiger partial charge in [0.1, 0.15) is 0 Å². The fourth-order valence-electron chi connectivity index (χ4n) is 2.19. The van der Waals surface area contributed by atoms with Crippen LogP contribution >= 0.6 is 0 Å². The van der Waals surface area contributed by atoms with Crippen LogP contribution in [-0.2, 0) is 0 Å². The minimum Gasteiger partial charge on any atom is -0.454 e. The Kier molecular flexibility index (Phi) is 2.56. The molecule has 18 heavy (non-hydrogen) atoms. The summed E-state index contributed by atoms with van der Waals surface area (Å²) in [6.07, 6.45) is 1.85. The molecule has 2 aromatic rings. The van der Waals surface area contributed by atoms with Gasteiger partial charge in [0.15, 0.2) is 11.5 Å². The second kappa shape index (κ2) is 4.22. The molecule has 3 rings (SSSR count). The molecule has 2 nitrogen and oxygen atoms in total. The predicted molar refractivity (Wildman–Crippen MR) is 72.8 cm³/mol. The Labute approximate surface area is 106 Å². The molecule has 0 amide bonds. The van der Waals surface area contributed by atoms with Crippen molar-refractivity contribution in [1.82, 2.24) is 0 Å². The summed E-state index contributed by atoms with van der Waals surface area (Å²) in [6, 6.07) is 12.4. The molecule has 0 bridgehead atoms. The monoisotopic (exact) mass is 238 g/mol. The summed E-state index contributed by atoms with van der Waals surface area (Å²) in [5.74, 6) is 1.60. The molecule has 0 saturated carbocycles. The van der Waals surface area contributed by atoms with E-state index in [4.69, 9.17) is 9.47 Å². The summed E-state index contributed by atoms with van der Waals surface area (Å²) in [4.78, 5) is 0. The van der Waals surface area contributed by atoms with Crippen molar-refractivity contribution < 1.29 is 9.47 Å². The van der Waals surface area contributed by atoms with Gasteiger partial charge in [-0.15, -0.1) is 0 Å². The van der Waals surface area contributed by atoms with Crippen molar-refractivity contribution in [3.05, 3.63) is 54.1 Å². The highest BCUT2D eigenvalue weighted by Gasteiger charge is 2.16. The molecule has 0 radical (unpaired) electrons. The molecule has 0 atom stereocenters. The third-order valence-electron chi connectivity index (χ3n) is 3.09. The third-order valence-corrected chi connectivity index (χ3v) is 3.09. The van der Waals surface area contributed by atoms with Gasteiger partial charge in [0, 0.05) is 0 Å². The molecule has 0 saturated heterocycles. The highest BCUT2D eigenvalue weighted by molar-refractivity contribution is 5.78. The lowest BCUT2D eigenvalue weighted by molar-refractivity contribution is 0.174. The summed E-state index contributed by atoms with van der Waals surface area (Å²) in [6.45, 7) is 6.25. The van der Waals surface area contributed by atoms with E-state index in [-0.39, 0.29) is 0 Å². The molecule has 0 aliphatic carbocycles. The molecular formula is C16H14O2. The lowest BCUT2D eigenvalue weighted by Crippen LogP contribution is -1.92. The first kappa shape index (κ1) is 10.9. The normalized spacial score (nSPS) is 12.5. The molecule has 1 aliphatic heterocycles. The van der Waals surface area contributed by atoms with E-state index >= 15 is 0 Å². The van der Waals surface area contributed by atoms with Crippen molar-refractivity contribution in [2.75, 3.05) is 6.79 Å². The smallest absolute Gasteiger partial charge is 0.231 e. The first-order valence-corrected chi connectivity index (χ1v) is 5.91. The first-order valence-electron chi connectivity index (χ1n) is 5.91. The Bertz CT molecular complexity index is 614. The van der Waals surface area contributed by atoms with Crippen LogP contribution in [0.2, 0.25) is 0 Å². The summed E-state index contributed by atoms with van der Waals surface area (Å²) in [5.41, 5.74) is 4.59. The van der Waals surface area contributed by atoms with Gasteiger partial charge in [0.05, 0.1) is 0 Å². The Morgan fingerprint density at radius 3 is 2.61 bits per heavy atom. The molecule has 0 N–H and O–H groups in total. The molecule has 2 heteroatoms. The maximum absolute atomic E-state index is 5.43. The molecule has 0 unspecified atom stereocenters. The molecule has 1 heterocycles. The summed E-state index contributed by atoms with van der Waals surface area (Å²) < 4.78 is 10.8. The van der Waals surface area contributed by atoms with Gasteiger partial charge in [-0.05, 0) is 35.7 Å². The largest absolute Gasteiger partial charge is 0.454 e. The molecular weight excluding hydrogens is 224 g/mol. The average molecular weight is 238 g/mol. The maximum atomic E-state index is 5.43. The van der Waals surface area contributed by atoms with Crippen molar-refractivity contribution in [3.8, 4) is 22.6 Å². The van der Waals surface area contributed by atoms with Crippen molar-refractivity contribution in [2.24, 2.45) is 0 Å². The van der Waals surface area contributed by atoms with Crippen LogP contribution in [0.5, 0.6) is 11.5 Å². The van der Waals surface area contributed by atoms with Crippen molar-refractivity contribution in [3.63, 3.8) is 0 Å². The molecule has 90 valence electrons. The van der Waals surface area contributed by atoms with E-state index in [0.717, 1.165) is 22.6 Å². The maximum Gasteiger partial charge on any atom is 0.231 e. The van der Waals surface area contributed by atoms with Gasteiger partial charge >= 0.3 is 0 Å². The minimum absolute atomic E-state index is 0.295. The Morgan fingerprint density at radius 2 is 1.89 bits per heavy atom. The molecule has 0 aromatic heterocycles. The van der Waals surface area contributed by atoms with E-state index in [0.29, 0.717) is 6.79 Å². The van der Waals surface area contributed by atoms with Gasteiger partial charge in [-0.2, -0.15) is 0 Å². The zero-order valence-electron chi connectivity index (χ0n) is 10.3. The van der Waals surface area contributed by atoms with Crippen molar-refractivity contribution >= 4 is 6.08 Å². The van der Waals surface area contributed by atoms with Gasteiger partial charge in [-0.1, -0.05) is 42.5 Å². The fourth-order valence-corrected chi connectivity index (χ4v) is 2.19. The summed E-state index contributed by atoms with van der Waals surface area (Å²) >= 11 is 0. The molecule has 0 fully saturated rings. The quantitative estimate of drug-likeness (QED) is 0.786. The number of aryl methyl sites for hydroxylation is 1. The van der Waals surface area contributed by atoms with E-state index in [9.17, 15) is 0 Å². The van der Waals surface area contributed by atoms with Gasteiger partial charge in [-0.25, -0.2) is 0 Å². The minimum atomic E-state index is 0.295. The van der Waals surface area contributed by atoms with Crippen LogP contribution < -0.4 is 9.47 Å². The lowest BCUT2D eigenvalue weighted by atomic mass is 9.97. The Hall–Kier alpha value is -2.22. The van der Waals surface area contributed by atoms with Gasteiger partial charge in [0.2, 0.25) is 6.79 Å². The van der Waals surface area contributed by atoms with E-state index < -0.39 is 0 Å². The first-order chi connectivity index (χ1) is 8.78. The predicted octanol–water partition coefficient (Wildman–Crippen LogP) is 4.03. The van der Waals surface area contributed by atoms with Crippen LogP contribution in [-0.4, -0.2) is 6.79 Å². The average Bonchev–Trinajstić information content (AvgIpc) is 2.84. The van der Waals surface area contributed by atoms with Crippen LogP contribution in [0.3, 0.4) is 0 Å².